The lowest BCUT2D eigenvalue weighted by atomic mass is 10.1. The molecule has 0 bridgehead atoms. The molecule has 2 aromatic carbocycles. The number of nitrogens with zero attached hydrogens (tertiary/aromatic N) is 1. The highest BCUT2D eigenvalue weighted by molar-refractivity contribution is 5.54. The van der Waals surface area contributed by atoms with E-state index in [0.717, 1.165) is 12.1 Å². The van der Waals surface area contributed by atoms with Crippen LogP contribution in [-0.2, 0) is 6.42 Å². The van der Waals surface area contributed by atoms with Gasteiger partial charge >= 0.3 is 0 Å². The van der Waals surface area contributed by atoms with Crippen LogP contribution in [0.2, 0.25) is 0 Å². The smallest absolute Gasteiger partial charge is 0.115 e. The minimum absolute atomic E-state index is 0.314. The summed E-state index contributed by atoms with van der Waals surface area (Å²) in [5.74, 6) is 0.314. The fourth-order valence-corrected chi connectivity index (χ4v) is 2.18. The van der Waals surface area contributed by atoms with Crippen LogP contribution in [0.25, 0.3) is 0 Å². The largest absolute Gasteiger partial charge is 0.508 e. The maximum Gasteiger partial charge on any atom is 0.115 e. The molecule has 0 heterocycles. The van der Waals surface area contributed by atoms with Crippen LogP contribution in [0, 0.1) is 0 Å². The fraction of sp³-hybridized carbons (Fsp3) is 0.294. The SMILES string of the molecule is CC(Cc1ccc(O)cc1)Nc1ccc(N(C)C)cc1. The molecule has 106 valence electrons. The van der Waals surface area contributed by atoms with Gasteiger partial charge in [-0.3, -0.25) is 0 Å². The summed E-state index contributed by atoms with van der Waals surface area (Å²) >= 11 is 0. The summed E-state index contributed by atoms with van der Waals surface area (Å²) in [6, 6.07) is 16.1. The molecule has 3 nitrogen and oxygen atoms in total. The number of aromatic hydroxyl groups is 1. The van der Waals surface area contributed by atoms with Gasteiger partial charge in [-0.05, 0) is 55.3 Å². The molecule has 0 amide bonds. The van der Waals surface area contributed by atoms with Crippen molar-refractivity contribution >= 4 is 11.4 Å². The summed E-state index contributed by atoms with van der Waals surface area (Å²) in [5, 5.41) is 12.8. The fourth-order valence-electron chi connectivity index (χ4n) is 2.18. The van der Waals surface area contributed by atoms with Crippen molar-refractivity contribution < 1.29 is 5.11 Å². The van der Waals surface area contributed by atoms with Crippen LogP contribution in [0.3, 0.4) is 0 Å². The molecule has 0 aromatic heterocycles. The van der Waals surface area contributed by atoms with E-state index in [1.807, 2.05) is 26.2 Å². The Bertz CT molecular complexity index is 532. The first-order valence-electron chi connectivity index (χ1n) is 6.86. The van der Waals surface area contributed by atoms with Crippen molar-refractivity contribution in [1.29, 1.82) is 0 Å². The van der Waals surface area contributed by atoms with Crippen LogP contribution >= 0.6 is 0 Å². The molecule has 0 aliphatic heterocycles. The molecule has 20 heavy (non-hydrogen) atoms. The third kappa shape index (κ3) is 3.92. The van der Waals surface area contributed by atoms with Crippen LogP contribution in [0.5, 0.6) is 5.75 Å². The third-order valence-electron chi connectivity index (χ3n) is 3.27. The van der Waals surface area contributed by atoms with E-state index in [1.165, 1.54) is 11.3 Å². The summed E-state index contributed by atoms with van der Waals surface area (Å²) < 4.78 is 0. The molecule has 0 saturated heterocycles. The third-order valence-corrected chi connectivity index (χ3v) is 3.27. The summed E-state index contributed by atoms with van der Waals surface area (Å²) in [5.41, 5.74) is 3.54. The molecule has 0 fully saturated rings. The van der Waals surface area contributed by atoms with Gasteiger partial charge in [0.15, 0.2) is 0 Å². The minimum atomic E-state index is 0.314. The zero-order chi connectivity index (χ0) is 14.5. The minimum Gasteiger partial charge on any atom is -0.508 e. The van der Waals surface area contributed by atoms with E-state index in [4.69, 9.17) is 0 Å². The maximum atomic E-state index is 9.28. The predicted octanol–water partition coefficient (Wildman–Crippen LogP) is 3.50. The average molecular weight is 270 g/mol. The van der Waals surface area contributed by atoms with Crippen molar-refractivity contribution in [3.05, 3.63) is 54.1 Å². The van der Waals surface area contributed by atoms with Gasteiger partial charge in [0.1, 0.15) is 5.75 Å². The van der Waals surface area contributed by atoms with Crippen molar-refractivity contribution in [1.82, 2.24) is 0 Å². The summed E-state index contributed by atoms with van der Waals surface area (Å²) in [4.78, 5) is 2.09. The zero-order valence-electron chi connectivity index (χ0n) is 12.3. The average Bonchev–Trinajstić information content (AvgIpc) is 2.42. The van der Waals surface area contributed by atoms with Crippen LogP contribution in [-0.4, -0.2) is 25.2 Å². The van der Waals surface area contributed by atoms with Crippen LogP contribution in [0.15, 0.2) is 48.5 Å². The van der Waals surface area contributed by atoms with Gasteiger partial charge in [-0.25, -0.2) is 0 Å². The van der Waals surface area contributed by atoms with E-state index in [-0.39, 0.29) is 0 Å². The molecule has 2 rings (SSSR count). The first kappa shape index (κ1) is 14.3. The van der Waals surface area contributed by atoms with E-state index in [9.17, 15) is 5.11 Å². The van der Waals surface area contributed by atoms with Gasteiger partial charge in [-0.1, -0.05) is 12.1 Å². The molecule has 0 spiro atoms. The van der Waals surface area contributed by atoms with Gasteiger partial charge in [-0.2, -0.15) is 0 Å². The van der Waals surface area contributed by atoms with Crippen molar-refractivity contribution in [2.75, 3.05) is 24.3 Å². The highest BCUT2D eigenvalue weighted by atomic mass is 16.3. The molecule has 2 N–H and O–H groups in total. The number of hydrogen-bond donors (Lipinski definition) is 2. The predicted molar refractivity (Wildman–Crippen MR) is 85.7 cm³/mol. The van der Waals surface area contributed by atoms with Crippen molar-refractivity contribution in [2.45, 2.75) is 19.4 Å². The molecular formula is C17H22N2O. The number of nitrogens with one attached hydrogen (secondary N) is 1. The zero-order valence-corrected chi connectivity index (χ0v) is 12.3. The molecule has 1 unspecified atom stereocenters. The summed E-state index contributed by atoms with van der Waals surface area (Å²) in [6.45, 7) is 2.16. The van der Waals surface area contributed by atoms with E-state index in [1.54, 1.807) is 12.1 Å². The second-order valence-electron chi connectivity index (χ2n) is 5.36. The molecule has 2 aromatic rings. The van der Waals surface area contributed by atoms with E-state index in [0.29, 0.717) is 11.8 Å². The molecule has 0 saturated carbocycles. The van der Waals surface area contributed by atoms with Gasteiger partial charge in [0.2, 0.25) is 0 Å². The summed E-state index contributed by atoms with van der Waals surface area (Å²) in [6.07, 6.45) is 0.926. The van der Waals surface area contributed by atoms with Crippen molar-refractivity contribution in [3.8, 4) is 5.75 Å². The molecule has 0 aliphatic carbocycles. The Balaban J connectivity index is 1.93. The number of phenols is 1. The van der Waals surface area contributed by atoms with Crippen LogP contribution in [0.4, 0.5) is 11.4 Å². The molecule has 3 heteroatoms. The van der Waals surface area contributed by atoms with Crippen molar-refractivity contribution in [3.63, 3.8) is 0 Å². The molecule has 0 radical (unpaired) electrons. The van der Waals surface area contributed by atoms with Gasteiger partial charge in [0.05, 0.1) is 0 Å². The van der Waals surface area contributed by atoms with E-state index < -0.39 is 0 Å². The highest BCUT2D eigenvalue weighted by Crippen LogP contribution is 2.18. The topological polar surface area (TPSA) is 35.5 Å². The first-order valence-corrected chi connectivity index (χ1v) is 6.86. The Hall–Kier alpha value is -2.16. The number of benzene rings is 2. The van der Waals surface area contributed by atoms with Gasteiger partial charge in [0.25, 0.3) is 0 Å². The lowest BCUT2D eigenvalue weighted by Gasteiger charge is -2.17. The molecule has 1 atom stereocenters. The molecule has 0 aliphatic rings. The maximum absolute atomic E-state index is 9.28. The second kappa shape index (κ2) is 6.33. The highest BCUT2D eigenvalue weighted by Gasteiger charge is 2.04. The number of rotatable bonds is 5. The Kier molecular flexibility index (Phi) is 4.51. The van der Waals surface area contributed by atoms with Crippen molar-refractivity contribution in [2.24, 2.45) is 0 Å². The van der Waals surface area contributed by atoms with E-state index in [2.05, 4.69) is 41.4 Å². The van der Waals surface area contributed by atoms with Gasteiger partial charge < -0.3 is 15.3 Å². The Morgan fingerprint density at radius 3 is 2.15 bits per heavy atom. The van der Waals surface area contributed by atoms with Crippen LogP contribution in [0.1, 0.15) is 12.5 Å². The number of phenolic OH excluding ortho intramolecular Hbond substituents is 1. The lowest BCUT2D eigenvalue weighted by Crippen LogP contribution is -2.18. The Morgan fingerprint density at radius 1 is 1.00 bits per heavy atom. The number of anilines is 2. The second-order valence-corrected chi connectivity index (χ2v) is 5.36. The summed E-state index contributed by atoms with van der Waals surface area (Å²) in [7, 11) is 4.08. The monoisotopic (exact) mass is 270 g/mol. The lowest BCUT2D eigenvalue weighted by molar-refractivity contribution is 0.475. The van der Waals surface area contributed by atoms with Gasteiger partial charge in [-0.15, -0.1) is 0 Å². The Morgan fingerprint density at radius 2 is 1.60 bits per heavy atom. The van der Waals surface area contributed by atoms with E-state index >= 15 is 0 Å². The normalized spacial score (nSPS) is 11.9. The Labute approximate surface area is 120 Å². The quantitative estimate of drug-likeness (QED) is 0.873. The van der Waals surface area contributed by atoms with Crippen LogP contribution < -0.4 is 10.2 Å². The van der Waals surface area contributed by atoms with Gasteiger partial charge in [0, 0.05) is 31.5 Å². The number of hydrogen-bond acceptors (Lipinski definition) is 3. The standard InChI is InChI=1S/C17H22N2O/c1-13(12-14-4-10-17(20)11-5-14)18-15-6-8-16(9-7-15)19(2)3/h4-11,13,18,20H,12H2,1-3H3. The first-order chi connectivity index (χ1) is 9.54. The molecular weight excluding hydrogens is 248 g/mol.